The van der Waals surface area contributed by atoms with Crippen LogP contribution in [0.1, 0.15) is 15.9 Å². The van der Waals surface area contributed by atoms with Crippen molar-refractivity contribution in [2.45, 2.75) is 13.0 Å². The zero-order valence-electron chi connectivity index (χ0n) is 18.9. The number of halogens is 4. The number of carboxylic acid groups (broad SMARTS) is 1. The molecule has 1 saturated heterocycles. The first-order valence-corrected chi connectivity index (χ1v) is 12.0. The molecule has 0 spiro atoms. The molecule has 3 rings (SSSR count). The van der Waals surface area contributed by atoms with Crippen molar-refractivity contribution in [3.8, 4) is 0 Å². The average Bonchev–Trinajstić information content (AvgIpc) is 2.86. The minimum Gasteiger partial charge on any atom is -0.530 e. The molecule has 1 fully saturated rings. The monoisotopic (exact) mass is 546 g/mol. The number of rotatable bonds is 7. The molecule has 0 aliphatic carbocycles. The van der Waals surface area contributed by atoms with Gasteiger partial charge in [0.25, 0.3) is 5.91 Å². The van der Waals surface area contributed by atoms with Crippen molar-refractivity contribution in [1.29, 1.82) is 0 Å². The molecule has 2 N–H and O–H groups in total. The average molecular weight is 546 g/mol. The van der Waals surface area contributed by atoms with Crippen LogP contribution in [-0.4, -0.2) is 68.1 Å². The molecule has 1 aliphatic rings. The van der Waals surface area contributed by atoms with Crippen LogP contribution in [0.3, 0.4) is 0 Å². The lowest BCUT2D eigenvalue weighted by molar-refractivity contribution is -0.266. The Hall–Kier alpha value is -3.92. The second kappa shape index (κ2) is 11.4. The lowest BCUT2D eigenvalue weighted by Gasteiger charge is -2.38. The molecule has 0 radical (unpaired) electrons. The van der Waals surface area contributed by atoms with Gasteiger partial charge in [0.1, 0.15) is 17.7 Å². The summed E-state index contributed by atoms with van der Waals surface area (Å²) in [6, 6.07) is 7.36. The van der Waals surface area contributed by atoms with Crippen molar-refractivity contribution >= 4 is 33.8 Å². The van der Waals surface area contributed by atoms with Crippen LogP contribution in [0.2, 0.25) is 0 Å². The van der Waals surface area contributed by atoms with Crippen molar-refractivity contribution in [2.24, 2.45) is 0 Å². The van der Waals surface area contributed by atoms with Crippen molar-refractivity contribution in [3.05, 3.63) is 65.2 Å². The zero-order valence-corrected chi connectivity index (χ0v) is 19.7. The summed E-state index contributed by atoms with van der Waals surface area (Å²) in [7, 11) is -4.42. The van der Waals surface area contributed by atoms with Gasteiger partial charge in [0.15, 0.2) is 0 Å². The van der Waals surface area contributed by atoms with Crippen molar-refractivity contribution in [3.63, 3.8) is 0 Å². The molecular formula is C21H20F4N5O6S-. The van der Waals surface area contributed by atoms with Gasteiger partial charge in [0.2, 0.25) is 0 Å². The molecule has 1 heterocycles. The molecule has 0 saturated carbocycles. The standard InChI is InChI=1S/C21H21F4N5O6S/c22-15-2-1-3-16(11-15)30(37(35,36)29-8-6-28(7-9-29)21(33)34)12-14-5-4-13(10-17(14)23)19(31)26-27-20(32)18(24)25/h1-5,10-11,18H,6-9,12H2,(H,26,31)(H,27,32)(H,33,34)/p-1. The first kappa shape index (κ1) is 27.7. The lowest BCUT2D eigenvalue weighted by Crippen LogP contribution is -2.56. The third-order valence-electron chi connectivity index (χ3n) is 5.32. The largest absolute Gasteiger partial charge is 0.530 e. The van der Waals surface area contributed by atoms with E-state index in [0.29, 0.717) is 6.07 Å². The van der Waals surface area contributed by atoms with Crippen LogP contribution in [0, 0.1) is 11.6 Å². The van der Waals surface area contributed by atoms with E-state index >= 15 is 0 Å². The van der Waals surface area contributed by atoms with Crippen LogP contribution < -0.4 is 20.3 Å². The number of hydrogen-bond donors (Lipinski definition) is 2. The van der Waals surface area contributed by atoms with E-state index in [1.165, 1.54) is 17.6 Å². The fourth-order valence-corrected chi connectivity index (χ4v) is 4.98. The van der Waals surface area contributed by atoms with Crippen LogP contribution in [0.15, 0.2) is 42.5 Å². The van der Waals surface area contributed by atoms with E-state index in [2.05, 4.69) is 0 Å². The van der Waals surface area contributed by atoms with Gasteiger partial charge in [0, 0.05) is 37.3 Å². The van der Waals surface area contributed by atoms with Gasteiger partial charge >= 0.3 is 22.5 Å². The molecule has 11 nitrogen and oxygen atoms in total. The van der Waals surface area contributed by atoms with E-state index < -0.39 is 52.7 Å². The van der Waals surface area contributed by atoms with Gasteiger partial charge in [-0.2, -0.15) is 21.5 Å². The van der Waals surface area contributed by atoms with Gasteiger partial charge < -0.3 is 14.8 Å². The molecule has 1 aliphatic heterocycles. The van der Waals surface area contributed by atoms with Gasteiger partial charge in [-0.05, 0) is 30.3 Å². The Morgan fingerprint density at radius 3 is 2.24 bits per heavy atom. The number of carbonyl (C=O) groups excluding carboxylic acids is 3. The Morgan fingerprint density at radius 1 is 1.00 bits per heavy atom. The van der Waals surface area contributed by atoms with Crippen molar-refractivity contribution in [2.75, 3.05) is 30.5 Å². The van der Waals surface area contributed by atoms with E-state index in [1.807, 2.05) is 0 Å². The number of nitrogens with one attached hydrogen (secondary N) is 2. The lowest BCUT2D eigenvalue weighted by atomic mass is 10.1. The molecule has 0 aromatic heterocycles. The summed E-state index contributed by atoms with van der Waals surface area (Å²) in [6.45, 7) is -1.43. The SMILES string of the molecule is O=C(NNC(=O)C(F)F)c1ccc(CN(c2cccc(F)c2)S(=O)(=O)N2CCN(C(=O)[O-])CC2)c(F)c1. The minimum absolute atomic E-state index is 0.140. The number of alkyl halides is 2. The number of benzene rings is 2. The topological polar surface area (TPSA) is 142 Å². The minimum atomic E-state index is -4.42. The number of anilines is 1. The molecular weight excluding hydrogens is 526 g/mol. The molecule has 16 heteroatoms. The van der Waals surface area contributed by atoms with Crippen molar-refractivity contribution in [1.82, 2.24) is 20.1 Å². The highest BCUT2D eigenvalue weighted by Gasteiger charge is 2.33. The number of nitrogens with zero attached hydrogens (tertiary/aromatic N) is 3. The van der Waals surface area contributed by atoms with Gasteiger partial charge in [-0.3, -0.25) is 24.7 Å². The predicted molar refractivity (Wildman–Crippen MR) is 118 cm³/mol. The van der Waals surface area contributed by atoms with Gasteiger partial charge in [0.05, 0.1) is 12.2 Å². The maximum atomic E-state index is 14.9. The normalized spacial score (nSPS) is 14.4. The Balaban J connectivity index is 1.86. The van der Waals surface area contributed by atoms with E-state index in [9.17, 15) is 45.5 Å². The molecule has 200 valence electrons. The highest BCUT2D eigenvalue weighted by atomic mass is 32.2. The Morgan fingerprint density at radius 2 is 1.68 bits per heavy atom. The second-order valence-electron chi connectivity index (χ2n) is 7.70. The maximum absolute atomic E-state index is 14.9. The smallest absolute Gasteiger partial charge is 0.317 e. The van der Waals surface area contributed by atoms with Crippen LogP contribution in [0.25, 0.3) is 0 Å². The van der Waals surface area contributed by atoms with Crippen LogP contribution in [0.5, 0.6) is 0 Å². The number of hydrogen-bond acceptors (Lipinski definition) is 6. The number of piperazine rings is 1. The first-order valence-electron chi connectivity index (χ1n) is 10.6. The van der Waals surface area contributed by atoms with Gasteiger partial charge in [-0.15, -0.1) is 0 Å². The van der Waals surface area contributed by atoms with Gasteiger partial charge in [-0.25, -0.2) is 8.78 Å². The van der Waals surface area contributed by atoms with E-state index in [0.717, 1.165) is 37.8 Å². The van der Waals surface area contributed by atoms with Crippen LogP contribution in [-0.2, 0) is 21.5 Å². The summed E-state index contributed by atoms with van der Waals surface area (Å²) in [6.07, 6.45) is -4.85. The summed E-state index contributed by atoms with van der Waals surface area (Å²) < 4.78 is 81.8. The van der Waals surface area contributed by atoms with E-state index in [4.69, 9.17) is 0 Å². The Labute approximate surface area is 208 Å². The first-order chi connectivity index (χ1) is 17.4. The van der Waals surface area contributed by atoms with Crippen LogP contribution in [0.4, 0.5) is 28.0 Å². The molecule has 0 atom stereocenters. The fraction of sp³-hybridized carbons (Fsp3) is 0.286. The Kier molecular flexibility index (Phi) is 8.54. The molecule has 0 unspecified atom stereocenters. The number of amides is 3. The molecule has 2 aromatic rings. The summed E-state index contributed by atoms with van der Waals surface area (Å²) in [5.41, 5.74) is 2.41. The summed E-state index contributed by atoms with van der Waals surface area (Å²) in [5.74, 6) is -4.70. The molecule has 37 heavy (non-hydrogen) atoms. The third-order valence-corrected chi connectivity index (χ3v) is 7.24. The highest BCUT2D eigenvalue weighted by Crippen LogP contribution is 2.26. The molecule has 0 bridgehead atoms. The number of carbonyl (C=O) groups is 3. The predicted octanol–water partition coefficient (Wildman–Crippen LogP) is 0.203. The third kappa shape index (κ3) is 6.65. The second-order valence-corrected chi connectivity index (χ2v) is 9.55. The summed E-state index contributed by atoms with van der Waals surface area (Å²) >= 11 is 0. The van der Waals surface area contributed by atoms with E-state index in [-0.39, 0.29) is 43.0 Å². The molecule has 2 aromatic carbocycles. The van der Waals surface area contributed by atoms with E-state index in [1.54, 1.807) is 5.43 Å². The maximum Gasteiger partial charge on any atom is 0.317 e. The highest BCUT2D eigenvalue weighted by molar-refractivity contribution is 7.90. The summed E-state index contributed by atoms with van der Waals surface area (Å²) in [4.78, 5) is 34.8. The zero-order chi connectivity index (χ0) is 27.3. The quantitative estimate of drug-likeness (QED) is 0.376. The molecule has 3 amide bonds. The van der Waals surface area contributed by atoms with Crippen LogP contribution >= 0.6 is 0 Å². The van der Waals surface area contributed by atoms with Gasteiger partial charge in [-0.1, -0.05) is 12.1 Å². The fourth-order valence-electron chi connectivity index (χ4n) is 3.39. The summed E-state index contributed by atoms with van der Waals surface area (Å²) in [5, 5.41) is 11.0. The number of hydrazine groups is 1. The Bertz CT molecular complexity index is 1290. The van der Waals surface area contributed by atoms with Crippen molar-refractivity contribution < 1.29 is 45.5 Å².